The largest absolute Gasteiger partial charge is 0.371 e. The topological polar surface area (TPSA) is 63.1 Å². The lowest BCUT2D eigenvalue weighted by atomic mass is 9.93. The summed E-state index contributed by atoms with van der Waals surface area (Å²) in [5.41, 5.74) is 10.3. The highest BCUT2D eigenvalue weighted by molar-refractivity contribution is 6.10. The predicted octanol–water partition coefficient (Wildman–Crippen LogP) is 9.83. The standard InChI is InChI=1S/C41H29N5/c1-5-13-29(14-6-1)37-38(30-15-7-2-8-16-30)43-36-27-34(25-26-35(36)42-37)28-21-23-33(24-22-28)41-45-39(31-17-9-3-10-18-31)44-40(46-41)32-19-11-4-12-20-32/h1-27,38,43H. The predicted molar refractivity (Wildman–Crippen MR) is 187 cm³/mol. The quantitative estimate of drug-likeness (QED) is 0.209. The van der Waals surface area contributed by atoms with Crippen molar-refractivity contribution in [2.45, 2.75) is 6.04 Å². The lowest BCUT2D eigenvalue weighted by molar-refractivity contribution is 1.01. The highest BCUT2D eigenvalue weighted by atomic mass is 15.0. The van der Waals surface area contributed by atoms with E-state index in [0.717, 1.165) is 50.5 Å². The van der Waals surface area contributed by atoms with Crippen LogP contribution < -0.4 is 5.32 Å². The van der Waals surface area contributed by atoms with Crippen LogP contribution in [0.2, 0.25) is 0 Å². The minimum atomic E-state index is -0.0600. The van der Waals surface area contributed by atoms with Gasteiger partial charge in [0.2, 0.25) is 0 Å². The summed E-state index contributed by atoms with van der Waals surface area (Å²) in [6.07, 6.45) is 0. The maximum absolute atomic E-state index is 5.16. The Balaban J connectivity index is 1.14. The zero-order valence-corrected chi connectivity index (χ0v) is 25.0. The molecule has 1 atom stereocenters. The molecule has 0 amide bonds. The summed E-state index contributed by atoms with van der Waals surface area (Å²) in [6.45, 7) is 0. The number of fused-ring (bicyclic) bond motifs is 1. The fourth-order valence-electron chi connectivity index (χ4n) is 5.82. The Morgan fingerprint density at radius 3 is 1.37 bits per heavy atom. The van der Waals surface area contributed by atoms with Gasteiger partial charge in [0, 0.05) is 16.7 Å². The van der Waals surface area contributed by atoms with Gasteiger partial charge in [0.1, 0.15) is 0 Å². The lowest BCUT2D eigenvalue weighted by Gasteiger charge is -2.28. The molecule has 1 N–H and O–H groups in total. The smallest absolute Gasteiger partial charge is 0.164 e. The Morgan fingerprint density at radius 2 is 0.826 bits per heavy atom. The first-order valence-corrected chi connectivity index (χ1v) is 15.4. The second-order valence-electron chi connectivity index (χ2n) is 11.2. The van der Waals surface area contributed by atoms with Crippen molar-refractivity contribution < 1.29 is 0 Å². The van der Waals surface area contributed by atoms with E-state index in [4.69, 9.17) is 19.9 Å². The molecule has 2 heterocycles. The third-order valence-corrected chi connectivity index (χ3v) is 8.19. The first kappa shape index (κ1) is 27.4. The third-order valence-electron chi connectivity index (χ3n) is 8.19. The van der Waals surface area contributed by atoms with Crippen molar-refractivity contribution in [3.8, 4) is 45.3 Å². The molecule has 0 aliphatic carbocycles. The van der Waals surface area contributed by atoms with Gasteiger partial charge in [0.05, 0.1) is 23.1 Å². The second-order valence-corrected chi connectivity index (χ2v) is 11.2. The highest BCUT2D eigenvalue weighted by Gasteiger charge is 2.25. The summed E-state index contributed by atoms with van der Waals surface area (Å²) in [6, 6.07) is 55.8. The van der Waals surface area contributed by atoms with Gasteiger partial charge in [-0.25, -0.2) is 19.9 Å². The van der Waals surface area contributed by atoms with Crippen LogP contribution in [-0.2, 0) is 0 Å². The maximum Gasteiger partial charge on any atom is 0.164 e. The minimum absolute atomic E-state index is 0.0600. The molecule has 218 valence electrons. The molecule has 0 saturated heterocycles. The van der Waals surface area contributed by atoms with Gasteiger partial charge in [-0.15, -0.1) is 0 Å². The number of anilines is 1. The van der Waals surface area contributed by atoms with E-state index in [1.54, 1.807) is 0 Å². The molecule has 1 aromatic heterocycles. The number of aliphatic imine (C=N–C) groups is 1. The molecule has 5 nitrogen and oxygen atoms in total. The summed E-state index contributed by atoms with van der Waals surface area (Å²) in [5.74, 6) is 1.94. The van der Waals surface area contributed by atoms with Gasteiger partial charge >= 0.3 is 0 Å². The van der Waals surface area contributed by atoms with Crippen molar-refractivity contribution in [1.29, 1.82) is 0 Å². The van der Waals surface area contributed by atoms with E-state index >= 15 is 0 Å². The molecule has 46 heavy (non-hydrogen) atoms. The summed E-state index contributed by atoms with van der Waals surface area (Å²) >= 11 is 0. The van der Waals surface area contributed by atoms with Crippen molar-refractivity contribution in [1.82, 2.24) is 15.0 Å². The molecule has 5 heteroatoms. The van der Waals surface area contributed by atoms with Crippen LogP contribution in [0.25, 0.3) is 45.3 Å². The molecular formula is C41H29N5. The molecule has 8 rings (SSSR count). The molecule has 7 aromatic rings. The Kier molecular flexibility index (Phi) is 7.17. The zero-order valence-electron chi connectivity index (χ0n) is 25.0. The van der Waals surface area contributed by atoms with E-state index in [2.05, 4.69) is 96.3 Å². The van der Waals surface area contributed by atoms with Crippen molar-refractivity contribution in [2.24, 2.45) is 4.99 Å². The van der Waals surface area contributed by atoms with Gasteiger partial charge in [-0.1, -0.05) is 152 Å². The number of benzene rings is 6. The Labute approximate surface area is 268 Å². The van der Waals surface area contributed by atoms with Crippen LogP contribution in [-0.4, -0.2) is 20.7 Å². The first-order valence-electron chi connectivity index (χ1n) is 15.4. The van der Waals surface area contributed by atoms with Crippen molar-refractivity contribution >= 4 is 17.1 Å². The van der Waals surface area contributed by atoms with Gasteiger partial charge < -0.3 is 5.32 Å². The van der Waals surface area contributed by atoms with Crippen LogP contribution in [0.15, 0.2) is 169 Å². The van der Waals surface area contributed by atoms with Crippen LogP contribution in [0.5, 0.6) is 0 Å². The molecule has 0 bridgehead atoms. The Morgan fingerprint density at radius 1 is 0.391 bits per heavy atom. The first-order chi connectivity index (χ1) is 22.8. The number of nitrogens with zero attached hydrogens (tertiary/aromatic N) is 4. The SMILES string of the molecule is c1ccc(C2=Nc3ccc(-c4ccc(-c5nc(-c6ccccc6)nc(-c6ccccc6)n5)cc4)cc3NC2c2ccccc2)cc1. The molecule has 0 fully saturated rings. The number of hydrogen-bond acceptors (Lipinski definition) is 5. The van der Waals surface area contributed by atoms with Crippen LogP contribution in [0.1, 0.15) is 17.2 Å². The number of hydrogen-bond donors (Lipinski definition) is 1. The number of nitrogens with one attached hydrogen (secondary N) is 1. The molecule has 1 unspecified atom stereocenters. The maximum atomic E-state index is 5.16. The van der Waals surface area contributed by atoms with E-state index in [1.165, 1.54) is 5.56 Å². The molecule has 0 radical (unpaired) electrons. The normalized spacial score (nSPS) is 13.7. The fraction of sp³-hybridized carbons (Fsp3) is 0.0244. The summed E-state index contributed by atoms with van der Waals surface area (Å²) in [5, 5.41) is 3.80. The Bertz CT molecular complexity index is 2090. The van der Waals surface area contributed by atoms with E-state index in [0.29, 0.717) is 17.5 Å². The lowest BCUT2D eigenvalue weighted by Crippen LogP contribution is -2.24. The number of aromatic nitrogens is 3. The number of rotatable bonds is 6. The Hall–Kier alpha value is -6.20. The molecular weight excluding hydrogens is 562 g/mol. The minimum Gasteiger partial charge on any atom is -0.371 e. The van der Waals surface area contributed by atoms with Gasteiger partial charge in [-0.3, -0.25) is 0 Å². The van der Waals surface area contributed by atoms with Crippen molar-refractivity contribution in [3.63, 3.8) is 0 Å². The van der Waals surface area contributed by atoms with Gasteiger partial charge in [0.15, 0.2) is 17.5 Å². The molecule has 1 aliphatic rings. The van der Waals surface area contributed by atoms with E-state index < -0.39 is 0 Å². The van der Waals surface area contributed by atoms with Gasteiger partial charge in [-0.05, 0) is 34.4 Å². The molecule has 6 aromatic carbocycles. The highest BCUT2D eigenvalue weighted by Crippen LogP contribution is 2.39. The average Bonchev–Trinajstić information content (AvgIpc) is 3.15. The van der Waals surface area contributed by atoms with Crippen molar-refractivity contribution in [2.75, 3.05) is 5.32 Å². The average molecular weight is 592 g/mol. The van der Waals surface area contributed by atoms with Gasteiger partial charge in [-0.2, -0.15) is 0 Å². The third kappa shape index (κ3) is 5.46. The van der Waals surface area contributed by atoms with Crippen LogP contribution in [0.4, 0.5) is 11.4 Å². The second kappa shape index (κ2) is 12.1. The van der Waals surface area contributed by atoms with Crippen LogP contribution in [0, 0.1) is 0 Å². The summed E-state index contributed by atoms with van der Waals surface area (Å²) in [7, 11) is 0. The molecule has 1 aliphatic heterocycles. The monoisotopic (exact) mass is 591 g/mol. The molecule has 0 saturated carbocycles. The zero-order chi connectivity index (χ0) is 30.7. The van der Waals surface area contributed by atoms with Crippen LogP contribution >= 0.6 is 0 Å². The summed E-state index contributed by atoms with van der Waals surface area (Å²) < 4.78 is 0. The summed E-state index contributed by atoms with van der Waals surface area (Å²) in [4.78, 5) is 19.7. The van der Waals surface area contributed by atoms with Gasteiger partial charge in [0.25, 0.3) is 0 Å². The van der Waals surface area contributed by atoms with E-state index in [-0.39, 0.29) is 6.04 Å². The van der Waals surface area contributed by atoms with Crippen LogP contribution in [0.3, 0.4) is 0 Å². The fourth-order valence-corrected chi connectivity index (χ4v) is 5.82. The van der Waals surface area contributed by atoms with E-state index in [1.807, 2.05) is 72.8 Å². The molecule has 0 spiro atoms. The van der Waals surface area contributed by atoms with E-state index in [9.17, 15) is 0 Å². The van der Waals surface area contributed by atoms with Crippen molar-refractivity contribution in [3.05, 3.63) is 175 Å².